The topological polar surface area (TPSA) is 57.8 Å². The minimum Gasteiger partial charge on any atom is -0.388 e. The average molecular weight is 273 g/mol. The lowest BCUT2D eigenvalue weighted by molar-refractivity contribution is 0.0154. The number of carbonyl (C=O) groups is 1. The number of rotatable bonds is 3. The summed E-state index contributed by atoms with van der Waals surface area (Å²) in [4.78, 5) is 18.3. The van der Waals surface area contributed by atoms with Crippen LogP contribution >= 0.6 is 0 Å². The Kier molecular flexibility index (Phi) is 3.22. The Morgan fingerprint density at radius 3 is 2.95 bits per heavy atom. The highest BCUT2D eigenvalue weighted by Gasteiger charge is 2.34. The zero-order valence-electron chi connectivity index (χ0n) is 11.6. The van der Waals surface area contributed by atoms with Crippen molar-refractivity contribution in [1.29, 1.82) is 0 Å². The second-order valence-electron chi connectivity index (χ2n) is 5.66. The molecule has 5 heteroatoms. The van der Waals surface area contributed by atoms with E-state index in [2.05, 4.69) is 4.98 Å². The van der Waals surface area contributed by atoms with Crippen LogP contribution in [-0.2, 0) is 0 Å². The van der Waals surface area contributed by atoms with Crippen LogP contribution in [0.4, 0.5) is 0 Å². The van der Waals surface area contributed by atoms with E-state index in [9.17, 15) is 9.90 Å². The van der Waals surface area contributed by atoms with Gasteiger partial charge >= 0.3 is 0 Å². The zero-order chi connectivity index (χ0) is 14.2. The molecule has 0 radical (unpaired) electrons. The molecular weight excluding hydrogens is 254 g/mol. The third-order valence-electron chi connectivity index (χ3n) is 4.05. The summed E-state index contributed by atoms with van der Waals surface area (Å²) in [7, 11) is 1.74. The monoisotopic (exact) mass is 273 g/mol. The third kappa shape index (κ3) is 2.29. The Morgan fingerprint density at radius 2 is 2.20 bits per heavy atom. The van der Waals surface area contributed by atoms with E-state index in [1.807, 2.05) is 24.4 Å². The number of hydrogen-bond acceptors (Lipinski definition) is 3. The minimum absolute atomic E-state index is 0.107. The number of aromatic nitrogens is 2. The molecule has 3 rings (SSSR count). The molecule has 0 aliphatic heterocycles. The molecule has 1 amide bonds. The highest BCUT2D eigenvalue weighted by Crippen LogP contribution is 2.30. The molecule has 106 valence electrons. The number of nitrogens with zero attached hydrogens (tertiary/aromatic N) is 3. The molecule has 2 heterocycles. The second kappa shape index (κ2) is 4.90. The van der Waals surface area contributed by atoms with E-state index < -0.39 is 5.60 Å². The van der Waals surface area contributed by atoms with E-state index in [1.165, 1.54) is 0 Å². The normalized spacial score (nSPS) is 17.5. The quantitative estimate of drug-likeness (QED) is 0.926. The first-order valence-corrected chi connectivity index (χ1v) is 6.99. The standard InChI is InChI=1S/C15H19N3O2/c1-17(11-15(20)7-3-4-8-15)14(19)12-10-16-13-6-2-5-9-18(12)13/h2,5-6,9-10,20H,3-4,7-8,11H2,1H3. The van der Waals surface area contributed by atoms with Crippen molar-refractivity contribution in [3.63, 3.8) is 0 Å². The molecule has 0 bridgehead atoms. The summed E-state index contributed by atoms with van der Waals surface area (Å²) in [6.07, 6.45) is 7.04. The first-order chi connectivity index (χ1) is 9.59. The summed E-state index contributed by atoms with van der Waals surface area (Å²) in [5, 5.41) is 10.4. The highest BCUT2D eigenvalue weighted by molar-refractivity contribution is 5.93. The van der Waals surface area contributed by atoms with E-state index in [4.69, 9.17) is 0 Å². The van der Waals surface area contributed by atoms with Gasteiger partial charge in [0.05, 0.1) is 11.8 Å². The van der Waals surface area contributed by atoms with Gasteiger partial charge in [0, 0.05) is 19.8 Å². The van der Waals surface area contributed by atoms with Crippen molar-refractivity contribution in [3.8, 4) is 0 Å². The average Bonchev–Trinajstić information content (AvgIpc) is 3.04. The molecule has 1 fully saturated rings. The van der Waals surface area contributed by atoms with Gasteiger partial charge in [-0.15, -0.1) is 0 Å². The second-order valence-corrected chi connectivity index (χ2v) is 5.66. The Balaban J connectivity index is 1.81. The van der Waals surface area contributed by atoms with Crippen LogP contribution in [0.25, 0.3) is 5.65 Å². The highest BCUT2D eigenvalue weighted by atomic mass is 16.3. The van der Waals surface area contributed by atoms with Gasteiger partial charge < -0.3 is 10.0 Å². The van der Waals surface area contributed by atoms with Crippen LogP contribution in [0.15, 0.2) is 30.6 Å². The minimum atomic E-state index is -0.717. The molecule has 20 heavy (non-hydrogen) atoms. The Labute approximate surface area is 117 Å². The Hall–Kier alpha value is -1.88. The van der Waals surface area contributed by atoms with E-state index in [0.29, 0.717) is 12.2 Å². The molecule has 1 saturated carbocycles. The Bertz CT molecular complexity index is 629. The van der Waals surface area contributed by atoms with Crippen LogP contribution < -0.4 is 0 Å². The molecule has 2 aromatic heterocycles. The maximum atomic E-state index is 12.5. The summed E-state index contributed by atoms with van der Waals surface area (Å²) < 4.78 is 1.78. The zero-order valence-corrected chi connectivity index (χ0v) is 11.6. The van der Waals surface area contributed by atoms with Gasteiger partial charge in [0.15, 0.2) is 0 Å². The maximum Gasteiger partial charge on any atom is 0.272 e. The summed E-state index contributed by atoms with van der Waals surface area (Å²) in [6.45, 7) is 0.381. The molecule has 2 aromatic rings. The van der Waals surface area contributed by atoms with Crippen molar-refractivity contribution >= 4 is 11.6 Å². The van der Waals surface area contributed by atoms with Gasteiger partial charge in [-0.3, -0.25) is 9.20 Å². The van der Waals surface area contributed by atoms with Crippen molar-refractivity contribution in [3.05, 3.63) is 36.3 Å². The van der Waals surface area contributed by atoms with Crippen molar-refractivity contribution in [2.24, 2.45) is 0 Å². The fourth-order valence-corrected chi connectivity index (χ4v) is 2.99. The van der Waals surface area contributed by atoms with Gasteiger partial charge in [-0.2, -0.15) is 0 Å². The molecule has 1 aliphatic rings. The first-order valence-electron chi connectivity index (χ1n) is 6.99. The lowest BCUT2D eigenvalue weighted by atomic mass is 10.0. The first kappa shape index (κ1) is 13.1. The van der Waals surface area contributed by atoms with E-state index >= 15 is 0 Å². The number of aliphatic hydroxyl groups is 1. The molecule has 1 N–H and O–H groups in total. The molecular formula is C15H19N3O2. The molecule has 5 nitrogen and oxygen atoms in total. The summed E-state index contributed by atoms with van der Waals surface area (Å²) in [5.41, 5.74) is 0.568. The number of imidazole rings is 1. The van der Waals surface area contributed by atoms with E-state index in [0.717, 1.165) is 31.3 Å². The molecule has 0 spiro atoms. The smallest absolute Gasteiger partial charge is 0.272 e. The number of likely N-dealkylation sites (N-methyl/N-ethyl adjacent to an activating group) is 1. The molecule has 0 saturated heterocycles. The van der Waals surface area contributed by atoms with Crippen LogP contribution in [0.5, 0.6) is 0 Å². The lowest BCUT2D eigenvalue weighted by Crippen LogP contribution is -2.42. The lowest BCUT2D eigenvalue weighted by Gasteiger charge is -2.28. The van der Waals surface area contributed by atoms with Gasteiger partial charge in [-0.1, -0.05) is 18.9 Å². The number of carbonyl (C=O) groups excluding carboxylic acids is 1. The van der Waals surface area contributed by atoms with Crippen LogP contribution in [-0.4, -0.2) is 44.5 Å². The van der Waals surface area contributed by atoms with Gasteiger partial charge in [-0.05, 0) is 25.0 Å². The largest absolute Gasteiger partial charge is 0.388 e. The summed E-state index contributed by atoms with van der Waals surface area (Å²) in [5.74, 6) is -0.107. The molecule has 0 aromatic carbocycles. The van der Waals surface area contributed by atoms with Crippen molar-refractivity contribution in [2.45, 2.75) is 31.3 Å². The van der Waals surface area contributed by atoms with E-state index in [1.54, 1.807) is 22.5 Å². The summed E-state index contributed by atoms with van der Waals surface area (Å²) in [6, 6.07) is 5.62. The van der Waals surface area contributed by atoms with Crippen molar-refractivity contribution < 1.29 is 9.90 Å². The Morgan fingerprint density at radius 1 is 1.45 bits per heavy atom. The SMILES string of the molecule is CN(CC1(O)CCCC1)C(=O)c1cnc2ccccn12. The van der Waals surface area contributed by atoms with Crippen LogP contribution in [0.3, 0.4) is 0 Å². The van der Waals surface area contributed by atoms with Crippen LogP contribution in [0.1, 0.15) is 36.2 Å². The van der Waals surface area contributed by atoms with Gasteiger partial charge in [0.25, 0.3) is 5.91 Å². The maximum absolute atomic E-state index is 12.5. The number of hydrogen-bond donors (Lipinski definition) is 1. The fraction of sp³-hybridized carbons (Fsp3) is 0.467. The predicted molar refractivity (Wildman–Crippen MR) is 75.6 cm³/mol. The van der Waals surface area contributed by atoms with E-state index in [-0.39, 0.29) is 5.91 Å². The molecule has 1 aliphatic carbocycles. The van der Waals surface area contributed by atoms with Gasteiger partial charge in [-0.25, -0.2) is 4.98 Å². The molecule has 0 atom stereocenters. The van der Waals surface area contributed by atoms with Crippen molar-refractivity contribution in [1.82, 2.24) is 14.3 Å². The number of amides is 1. The fourth-order valence-electron chi connectivity index (χ4n) is 2.99. The number of fused-ring (bicyclic) bond motifs is 1. The molecule has 0 unspecified atom stereocenters. The van der Waals surface area contributed by atoms with Gasteiger partial charge in [0.2, 0.25) is 0 Å². The third-order valence-corrected chi connectivity index (χ3v) is 4.05. The summed E-state index contributed by atoms with van der Waals surface area (Å²) >= 11 is 0. The van der Waals surface area contributed by atoms with Crippen LogP contribution in [0.2, 0.25) is 0 Å². The van der Waals surface area contributed by atoms with Gasteiger partial charge in [0.1, 0.15) is 11.3 Å². The predicted octanol–water partition coefficient (Wildman–Crippen LogP) is 1.71. The van der Waals surface area contributed by atoms with Crippen molar-refractivity contribution in [2.75, 3.05) is 13.6 Å². The number of pyridine rings is 1. The van der Waals surface area contributed by atoms with Crippen LogP contribution in [0, 0.1) is 0 Å².